The number of nitrogens with zero attached hydrogens (tertiary/aromatic N) is 3. The van der Waals surface area contributed by atoms with E-state index in [4.69, 9.17) is 10.3 Å². The van der Waals surface area contributed by atoms with Crippen LogP contribution in [0.15, 0.2) is 4.52 Å². The van der Waals surface area contributed by atoms with Crippen molar-refractivity contribution in [3.05, 3.63) is 10.4 Å². The van der Waals surface area contributed by atoms with Crippen LogP contribution in [0.25, 0.3) is 11.5 Å². The van der Waals surface area contributed by atoms with E-state index < -0.39 is 0 Å². The van der Waals surface area contributed by atoms with Crippen LogP contribution in [0.4, 0.5) is 10.9 Å². The smallest absolute Gasteiger partial charge is 0.266 e. The third-order valence-electron chi connectivity index (χ3n) is 3.62. The van der Waals surface area contributed by atoms with Crippen molar-refractivity contribution in [1.29, 1.82) is 0 Å². The molecule has 2 N–H and O–H groups in total. The molecule has 0 aromatic carbocycles. The molecule has 0 unspecified atom stereocenters. The average Bonchev–Trinajstić information content (AvgIpc) is 3.06. The lowest BCUT2D eigenvalue weighted by molar-refractivity contribution is 0.429. The second-order valence-corrected chi connectivity index (χ2v) is 5.81. The Morgan fingerprint density at radius 1 is 1.32 bits per heavy atom. The quantitative estimate of drug-likeness (QED) is 0.931. The van der Waals surface area contributed by atoms with E-state index in [2.05, 4.69) is 28.9 Å². The van der Waals surface area contributed by atoms with Crippen molar-refractivity contribution in [3.63, 3.8) is 0 Å². The SMILES string of the molecule is CCN(CC)c1noc(-c2c(N)sc3c2CCC3)n1. The van der Waals surface area contributed by atoms with E-state index >= 15 is 0 Å². The van der Waals surface area contributed by atoms with Gasteiger partial charge in [0.2, 0.25) is 0 Å². The maximum atomic E-state index is 6.11. The predicted octanol–water partition coefficient (Wildman–Crippen LogP) is 2.72. The number of aromatic nitrogens is 2. The number of anilines is 2. The summed E-state index contributed by atoms with van der Waals surface area (Å²) in [6.07, 6.45) is 3.40. The summed E-state index contributed by atoms with van der Waals surface area (Å²) in [6, 6.07) is 0. The number of hydrogen-bond acceptors (Lipinski definition) is 6. The van der Waals surface area contributed by atoms with Gasteiger partial charge in [-0.25, -0.2) is 0 Å². The third-order valence-corrected chi connectivity index (χ3v) is 4.74. The van der Waals surface area contributed by atoms with Gasteiger partial charge in [-0.15, -0.1) is 11.3 Å². The molecule has 3 rings (SSSR count). The van der Waals surface area contributed by atoms with Crippen LogP contribution >= 0.6 is 11.3 Å². The zero-order valence-corrected chi connectivity index (χ0v) is 12.1. The molecule has 5 nitrogen and oxygen atoms in total. The molecule has 0 bridgehead atoms. The lowest BCUT2D eigenvalue weighted by Crippen LogP contribution is -2.22. The molecule has 2 heterocycles. The molecule has 0 aliphatic heterocycles. The fourth-order valence-electron chi connectivity index (χ4n) is 2.61. The summed E-state index contributed by atoms with van der Waals surface area (Å²) in [5.74, 6) is 1.22. The van der Waals surface area contributed by atoms with Crippen LogP contribution in [0.5, 0.6) is 0 Å². The average molecular weight is 278 g/mol. The molecule has 6 heteroatoms. The minimum atomic E-state index is 0.568. The summed E-state index contributed by atoms with van der Waals surface area (Å²) < 4.78 is 5.42. The van der Waals surface area contributed by atoms with E-state index in [0.29, 0.717) is 11.8 Å². The van der Waals surface area contributed by atoms with E-state index in [-0.39, 0.29) is 0 Å². The van der Waals surface area contributed by atoms with Gasteiger partial charge in [0.05, 0.1) is 10.6 Å². The molecule has 0 radical (unpaired) electrons. The van der Waals surface area contributed by atoms with Gasteiger partial charge >= 0.3 is 0 Å². The normalized spacial score (nSPS) is 13.8. The highest BCUT2D eigenvalue weighted by atomic mass is 32.1. The lowest BCUT2D eigenvalue weighted by Gasteiger charge is -2.14. The van der Waals surface area contributed by atoms with E-state index in [0.717, 1.165) is 36.5 Å². The van der Waals surface area contributed by atoms with E-state index in [1.54, 1.807) is 11.3 Å². The Balaban J connectivity index is 1.99. The van der Waals surface area contributed by atoms with Crippen LogP contribution in [0.1, 0.15) is 30.7 Å². The van der Waals surface area contributed by atoms with Gasteiger partial charge in [0.1, 0.15) is 0 Å². The van der Waals surface area contributed by atoms with Gasteiger partial charge in [-0.3, -0.25) is 0 Å². The Hall–Kier alpha value is -1.56. The first-order valence-electron chi connectivity index (χ1n) is 6.73. The first-order valence-corrected chi connectivity index (χ1v) is 7.55. The van der Waals surface area contributed by atoms with Crippen LogP contribution < -0.4 is 10.6 Å². The first-order chi connectivity index (χ1) is 9.24. The van der Waals surface area contributed by atoms with Crippen molar-refractivity contribution >= 4 is 22.3 Å². The Morgan fingerprint density at radius 2 is 2.11 bits per heavy atom. The van der Waals surface area contributed by atoms with Crippen LogP contribution in [-0.4, -0.2) is 23.2 Å². The van der Waals surface area contributed by atoms with Crippen molar-refractivity contribution in [2.75, 3.05) is 23.7 Å². The Kier molecular flexibility index (Phi) is 3.18. The number of fused-ring (bicyclic) bond motifs is 1. The number of rotatable bonds is 4. The fourth-order valence-corrected chi connectivity index (χ4v) is 3.76. The molecule has 0 saturated heterocycles. The van der Waals surface area contributed by atoms with Crippen molar-refractivity contribution in [2.24, 2.45) is 0 Å². The minimum absolute atomic E-state index is 0.568. The van der Waals surface area contributed by atoms with Gasteiger partial charge in [-0.2, -0.15) is 4.98 Å². The Labute approximate surface area is 116 Å². The molecule has 19 heavy (non-hydrogen) atoms. The number of nitrogens with two attached hydrogens (primary N) is 1. The summed E-state index contributed by atoms with van der Waals surface area (Å²) in [7, 11) is 0. The van der Waals surface area contributed by atoms with Crippen molar-refractivity contribution < 1.29 is 4.52 Å². The number of thiophene rings is 1. The molecule has 102 valence electrons. The molecule has 0 fully saturated rings. The second-order valence-electron chi connectivity index (χ2n) is 4.67. The number of nitrogen functional groups attached to an aromatic ring is 1. The van der Waals surface area contributed by atoms with Gasteiger partial charge in [0.25, 0.3) is 11.8 Å². The highest BCUT2D eigenvalue weighted by Gasteiger charge is 2.26. The maximum Gasteiger partial charge on any atom is 0.266 e. The number of aryl methyl sites for hydroxylation is 1. The Morgan fingerprint density at radius 3 is 2.84 bits per heavy atom. The molecule has 0 atom stereocenters. The minimum Gasteiger partial charge on any atom is -0.390 e. The second kappa shape index (κ2) is 4.85. The van der Waals surface area contributed by atoms with E-state index in [1.807, 2.05) is 0 Å². The zero-order valence-electron chi connectivity index (χ0n) is 11.3. The highest BCUT2D eigenvalue weighted by Crippen LogP contribution is 2.42. The van der Waals surface area contributed by atoms with Gasteiger partial charge in [-0.05, 0) is 43.8 Å². The summed E-state index contributed by atoms with van der Waals surface area (Å²) in [6.45, 7) is 5.89. The van der Waals surface area contributed by atoms with Crippen molar-refractivity contribution in [3.8, 4) is 11.5 Å². The summed E-state index contributed by atoms with van der Waals surface area (Å²) >= 11 is 1.66. The van der Waals surface area contributed by atoms with Crippen molar-refractivity contribution in [1.82, 2.24) is 10.1 Å². The lowest BCUT2D eigenvalue weighted by atomic mass is 10.1. The summed E-state index contributed by atoms with van der Waals surface area (Å²) in [5.41, 5.74) is 8.40. The summed E-state index contributed by atoms with van der Waals surface area (Å²) in [5, 5.41) is 4.87. The predicted molar refractivity (Wildman–Crippen MR) is 77.6 cm³/mol. The van der Waals surface area contributed by atoms with Gasteiger partial charge in [-0.1, -0.05) is 0 Å². The van der Waals surface area contributed by atoms with Crippen LogP contribution in [0.2, 0.25) is 0 Å². The molecule has 0 spiro atoms. The molecule has 1 aliphatic rings. The molecule has 2 aromatic heterocycles. The highest BCUT2D eigenvalue weighted by molar-refractivity contribution is 7.16. The third kappa shape index (κ3) is 2.00. The van der Waals surface area contributed by atoms with E-state index in [9.17, 15) is 0 Å². The van der Waals surface area contributed by atoms with Gasteiger partial charge < -0.3 is 15.2 Å². The molecule has 0 amide bonds. The Bertz CT molecular complexity index is 585. The largest absolute Gasteiger partial charge is 0.390 e. The zero-order chi connectivity index (χ0) is 13.4. The molecule has 2 aromatic rings. The fraction of sp³-hybridized carbons (Fsp3) is 0.538. The van der Waals surface area contributed by atoms with E-state index in [1.165, 1.54) is 16.9 Å². The molecular formula is C13H18N4OS. The van der Waals surface area contributed by atoms with Crippen LogP contribution in [0, 0.1) is 0 Å². The van der Waals surface area contributed by atoms with Crippen LogP contribution in [-0.2, 0) is 12.8 Å². The van der Waals surface area contributed by atoms with Crippen LogP contribution in [0.3, 0.4) is 0 Å². The topological polar surface area (TPSA) is 68.2 Å². The molecule has 1 aliphatic carbocycles. The standard InChI is InChI=1S/C13H18N4OS/c1-3-17(4-2)13-15-12(18-16-13)10-8-6-5-7-9(8)19-11(10)14/h3-7,14H2,1-2H3. The van der Waals surface area contributed by atoms with Gasteiger partial charge in [0, 0.05) is 18.0 Å². The summed E-state index contributed by atoms with van der Waals surface area (Å²) in [4.78, 5) is 7.96. The van der Waals surface area contributed by atoms with Gasteiger partial charge in [0.15, 0.2) is 0 Å². The van der Waals surface area contributed by atoms with Crippen molar-refractivity contribution in [2.45, 2.75) is 33.1 Å². The molecule has 0 saturated carbocycles. The number of hydrogen-bond donors (Lipinski definition) is 1. The first kappa shape index (κ1) is 12.5. The molecular weight excluding hydrogens is 260 g/mol. The monoisotopic (exact) mass is 278 g/mol. The maximum absolute atomic E-state index is 6.11.